The van der Waals surface area contributed by atoms with Gasteiger partial charge in [-0.2, -0.15) is 0 Å². The van der Waals surface area contributed by atoms with Crippen LogP contribution in [0.1, 0.15) is 148 Å². The van der Waals surface area contributed by atoms with Crippen LogP contribution in [0.25, 0.3) is 27.8 Å². The number of allylic oxidation sites excluding steroid dienone is 8. The van der Waals surface area contributed by atoms with Gasteiger partial charge >= 0.3 is 0 Å². The van der Waals surface area contributed by atoms with Crippen molar-refractivity contribution in [2.24, 2.45) is 11.3 Å². The number of hydrogen-bond acceptors (Lipinski definition) is 0. The number of fused-ring (bicyclic) bond motifs is 3. The van der Waals surface area contributed by atoms with Crippen molar-refractivity contribution >= 4 is 16.7 Å². The van der Waals surface area contributed by atoms with Crippen molar-refractivity contribution < 1.29 is 0 Å². The van der Waals surface area contributed by atoms with E-state index in [-0.39, 0.29) is 10.8 Å². The summed E-state index contributed by atoms with van der Waals surface area (Å²) < 4.78 is 0. The number of rotatable bonds is 13. The summed E-state index contributed by atoms with van der Waals surface area (Å²) in [4.78, 5) is 0. The summed E-state index contributed by atoms with van der Waals surface area (Å²) in [5.74, 6) is 2.12. The Hall–Kier alpha value is -6.50. The van der Waals surface area contributed by atoms with E-state index >= 15 is 0 Å². The van der Waals surface area contributed by atoms with Crippen molar-refractivity contribution in [3.63, 3.8) is 0 Å². The molecule has 9 rings (SSSR count). The third-order valence-corrected chi connectivity index (χ3v) is 16.0. The summed E-state index contributed by atoms with van der Waals surface area (Å²) in [6, 6.07) is 68.4. The lowest BCUT2D eigenvalue weighted by Crippen LogP contribution is -2.27. The topological polar surface area (TPSA) is 0 Å². The van der Waals surface area contributed by atoms with E-state index in [4.69, 9.17) is 0 Å². The third kappa shape index (κ3) is 10.4. The van der Waals surface area contributed by atoms with E-state index in [1.54, 1.807) is 0 Å². The molecule has 0 N–H and O–H groups in total. The highest BCUT2D eigenvalue weighted by Crippen LogP contribution is 2.52. The maximum atomic E-state index is 2.49. The Kier molecular flexibility index (Phi) is 14.2. The fourth-order valence-electron chi connectivity index (χ4n) is 11.5. The molecule has 2 unspecified atom stereocenters. The Morgan fingerprint density at radius 2 is 1.10 bits per heavy atom. The molecule has 7 aromatic rings. The summed E-state index contributed by atoms with van der Waals surface area (Å²) in [5, 5.41) is 0. The van der Waals surface area contributed by atoms with Crippen LogP contribution in [0.15, 0.2) is 212 Å². The van der Waals surface area contributed by atoms with Gasteiger partial charge in [0.2, 0.25) is 0 Å². The second-order valence-corrected chi connectivity index (χ2v) is 21.6. The molecule has 0 saturated heterocycles. The van der Waals surface area contributed by atoms with Crippen LogP contribution in [0.4, 0.5) is 0 Å². The lowest BCUT2D eigenvalue weighted by atomic mass is 9.63. The summed E-state index contributed by atoms with van der Waals surface area (Å²) >= 11 is 0. The fraction of sp³-hybridized carbons (Fsp3) is 0.275. The molecule has 69 heavy (non-hydrogen) atoms. The minimum Gasteiger partial charge on any atom is -0.0795 e. The molecular weight excluding hydrogens is 829 g/mol. The number of hydrogen-bond donors (Lipinski definition) is 0. The van der Waals surface area contributed by atoms with Crippen molar-refractivity contribution in [1.29, 1.82) is 0 Å². The summed E-state index contributed by atoms with van der Waals surface area (Å²) in [5.41, 5.74) is 21.8. The van der Waals surface area contributed by atoms with E-state index in [1.165, 1.54) is 102 Å². The smallest absolute Gasteiger partial charge is 0.0159 e. The molecule has 0 bridgehead atoms. The largest absolute Gasteiger partial charge is 0.0795 e. The highest BCUT2D eigenvalue weighted by Gasteiger charge is 2.38. The minimum absolute atomic E-state index is 0.0396. The van der Waals surface area contributed by atoms with Gasteiger partial charge in [-0.1, -0.05) is 254 Å². The zero-order valence-corrected chi connectivity index (χ0v) is 42.5. The first-order valence-electron chi connectivity index (χ1n) is 25.8. The second kappa shape index (κ2) is 20.6. The van der Waals surface area contributed by atoms with Gasteiger partial charge in [0, 0.05) is 5.41 Å². The molecule has 0 amide bonds. The molecule has 0 heteroatoms. The lowest BCUT2D eigenvalue weighted by Gasteiger charge is -2.41. The van der Waals surface area contributed by atoms with Crippen molar-refractivity contribution in [3.8, 4) is 11.1 Å². The lowest BCUT2D eigenvalue weighted by molar-refractivity contribution is 0.257. The van der Waals surface area contributed by atoms with E-state index in [0.717, 1.165) is 19.3 Å². The molecule has 0 spiro atoms. The van der Waals surface area contributed by atoms with Crippen LogP contribution in [0.3, 0.4) is 0 Å². The Bertz CT molecular complexity index is 2920. The molecule has 0 aliphatic heterocycles. The molecule has 2 aliphatic carbocycles. The molecule has 1 saturated carbocycles. The van der Waals surface area contributed by atoms with Crippen LogP contribution in [-0.2, 0) is 18.3 Å². The third-order valence-electron chi connectivity index (χ3n) is 16.0. The van der Waals surface area contributed by atoms with E-state index in [9.17, 15) is 0 Å². The molecule has 0 heterocycles. The van der Waals surface area contributed by atoms with Crippen LogP contribution < -0.4 is 0 Å². The standard InChI is InChI=1S/C69H72/c1-9-52(53-26-16-11-17-27-53)44-58(35-33-50-23-14-10-15-24-50)59-40-42-63-62-41-34-51(43-66(62)69(7,8)67(63)47-59)25-22-32-61(49(3)68(4,5)6)57-38-36-54(37-39-57)60-45-64(55-28-18-12-19-29-55)48(2)65(46-60)56-30-20-13-21-31-56/h10-24,26-32,34-44,47-48,60,64-65H,9,25,33,45-46H2,1-8H3/b32-22-,52-44+,58-35+,61-49-. The highest BCUT2D eigenvalue weighted by molar-refractivity contribution is 5.88. The average molecular weight is 901 g/mol. The Balaban J connectivity index is 0.967. The van der Waals surface area contributed by atoms with Crippen LogP contribution in [0, 0.1) is 11.3 Å². The zero-order valence-electron chi connectivity index (χ0n) is 42.5. The highest BCUT2D eigenvalue weighted by atomic mass is 14.4. The molecule has 2 atom stereocenters. The van der Waals surface area contributed by atoms with E-state index in [2.05, 4.69) is 262 Å². The van der Waals surface area contributed by atoms with Gasteiger partial charge in [-0.05, 0) is 158 Å². The van der Waals surface area contributed by atoms with E-state index in [1.807, 2.05) is 0 Å². The maximum Gasteiger partial charge on any atom is 0.0159 e. The number of benzene rings is 7. The van der Waals surface area contributed by atoms with Gasteiger partial charge in [-0.25, -0.2) is 0 Å². The van der Waals surface area contributed by atoms with Gasteiger partial charge in [0.25, 0.3) is 0 Å². The predicted octanol–water partition coefficient (Wildman–Crippen LogP) is 18.8. The Morgan fingerprint density at radius 3 is 1.68 bits per heavy atom. The molecule has 2 aliphatic rings. The zero-order chi connectivity index (χ0) is 48.1. The quantitative estimate of drug-likeness (QED) is 0.101. The van der Waals surface area contributed by atoms with Crippen LogP contribution in [0.2, 0.25) is 0 Å². The predicted molar refractivity (Wildman–Crippen MR) is 298 cm³/mol. The molecular formula is C69H72. The molecule has 7 aromatic carbocycles. The van der Waals surface area contributed by atoms with Gasteiger partial charge in [0.15, 0.2) is 0 Å². The monoisotopic (exact) mass is 901 g/mol. The van der Waals surface area contributed by atoms with E-state index in [0.29, 0.717) is 23.7 Å². The van der Waals surface area contributed by atoms with E-state index < -0.39 is 0 Å². The van der Waals surface area contributed by atoms with Gasteiger partial charge in [0.1, 0.15) is 0 Å². The van der Waals surface area contributed by atoms with Crippen LogP contribution in [-0.4, -0.2) is 0 Å². The SMILES string of the molecule is CC/C(=C\C(=C/Cc1ccccc1)c1ccc2c(c1)C(C)(C)c1cc(C/C=C\C(=C(/C)C(C)(C)C)c3ccc(C4CC(c5ccccc5)C(C)C(c5ccccc5)C4)cc3)ccc1-2)c1ccccc1. The van der Waals surface area contributed by atoms with Crippen molar-refractivity contribution in [1.82, 2.24) is 0 Å². The van der Waals surface area contributed by atoms with Gasteiger partial charge in [0.05, 0.1) is 0 Å². The maximum absolute atomic E-state index is 2.49. The summed E-state index contributed by atoms with van der Waals surface area (Å²) in [7, 11) is 0. The Labute approximate surface area is 415 Å². The summed E-state index contributed by atoms with van der Waals surface area (Å²) in [6.45, 7) is 19.0. The van der Waals surface area contributed by atoms with Crippen molar-refractivity contribution in [2.75, 3.05) is 0 Å². The normalized spacial score (nSPS) is 19.5. The van der Waals surface area contributed by atoms with Crippen molar-refractivity contribution in [3.05, 3.63) is 268 Å². The molecule has 1 fully saturated rings. The van der Waals surface area contributed by atoms with Crippen LogP contribution in [0.5, 0.6) is 0 Å². The molecule has 0 radical (unpaired) electrons. The van der Waals surface area contributed by atoms with Gasteiger partial charge < -0.3 is 0 Å². The molecule has 348 valence electrons. The van der Waals surface area contributed by atoms with Crippen molar-refractivity contribution in [2.45, 2.75) is 111 Å². The van der Waals surface area contributed by atoms with Crippen LogP contribution >= 0.6 is 0 Å². The first kappa shape index (κ1) is 47.6. The molecule has 0 aromatic heterocycles. The fourth-order valence-corrected chi connectivity index (χ4v) is 11.5. The molecule has 0 nitrogen and oxygen atoms in total. The average Bonchev–Trinajstić information content (AvgIpc) is 3.60. The van der Waals surface area contributed by atoms with Gasteiger partial charge in [-0.15, -0.1) is 0 Å². The van der Waals surface area contributed by atoms with Gasteiger partial charge in [-0.3, -0.25) is 0 Å². The summed E-state index contributed by atoms with van der Waals surface area (Å²) in [6.07, 6.45) is 14.8. The minimum atomic E-state index is -0.129. The first-order chi connectivity index (χ1) is 33.4. The Morgan fingerprint density at radius 1 is 0.565 bits per heavy atom. The second-order valence-electron chi connectivity index (χ2n) is 21.6. The first-order valence-corrected chi connectivity index (χ1v) is 25.8.